The zero-order valence-electron chi connectivity index (χ0n) is 16.2. The lowest BCUT2D eigenvalue weighted by Gasteiger charge is -2.20. The predicted octanol–water partition coefficient (Wildman–Crippen LogP) is 4.59. The highest BCUT2D eigenvalue weighted by atomic mass is 32.2. The summed E-state index contributed by atoms with van der Waals surface area (Å²) in [4.78, 5) is 0.749. The molecule has 0 atom stereocenters. The molecule has 0 saturated carbocycles. The van der Waals surface area contributed by atoms with E-state index in [1.165, 1.54) is 0 Å². The van der Waals surface area contributed by atoms with Gasteiger partial charge >= 0.3 is 0 Å². The quantitative estimate of drug-likeness (QED) is 0.626. The first kappa shape index (κ1) is 20.3. The standard InChI is InChI=1S/C22H22O4S2/c1-15-16(2)22(28(25,26)20-13-9-6-10-14-20)18(4)17(3)21(15)27(23,24)19-11-7-5-8-12-19/h5-14H,1-4H3. The third-order valence-corrected chi connectivity index (χ3v) is 9.22. The Bertz CT molecular complexity index is 1110. The van der Waals surface area contributed by atoms with E-state index in [4.69, 9.17) is 0 Å². The molecule has 0 radical (unpaired) electrons. The summed E-state index contributed by atoms with van der Waals surface area (Å²) >= 11 is 0. The van der Waals surface area contributed by atoms with Crippen LogP contribution >= 0.6 is 0 Å². The molecule has 0 N–H and O–H groups in total. The van der Waals surface area contributed by atoms with Gasteiger partial charge < -0.3 is 0 Å². The Kier molecular flexibility index (Phi) is 5.21. The molecule has 3 aromatic carbocycles. The number of sulfone groups is 2. The number of rotatable bonds is 4. The molecule has 4 nitrogen and oxygen atoms in total. The van der Waals surface area contributed by atoms with Gasteiger partial charge in [0.2, 0.25) is 19.7 Å². The molecule has 0 heterocycles. The lowest BCUT2D eigenvalue weighted by molar-refractivity contribution is 0.589. The molecule has 0 aliphatic rings. The molecule has 3 rings (SSSR count). The minimum Gasteiger partial charge on any atom is -0.218 e. The number of hydrogen-bond donors (Lipinski definition) is 0. The van der Waals surface area contributed by atoms with Gasteiger partial charge in [0.15, 0.2) is 0 Å². The summed E-state index contributed by atoms with van der Waals surface area (Å²) < 4.78 is 53.0. The van der Waals surface area contributed by atoms with Crippen molar-refractivity contribution in [3.63, 3.8) is 0 Å². The van der Waals surface area contributed by atoms with Gasteiger partial charge in [0.05, 0.1) is 19.6 Å². The lowest BCUT2D eigenvalue weighted by atomic mass is 10.0. The van der Waals surface area contributed by atoms with Crippen LogP contribution in [0, 0.1) is 27.7 Å². The molecule has 0 unspecified atom stereocenters. The molecule has 0 aromatic heterocycles. The SMILES string of the molecule is Cc1c(C)c(S(=O)(=O)c2ccccc2)c(C)c(C)c1S(=O)(=O)c1ccccc1. The molecule has 0 amide bonds. The van der Waals surface area contributed by atoms with Gasteiger partial charge in [0, 0.05) is 0 Å². The fourth-order valence-corrected chi connectivity index (χ4v) is 7.21. The Morgan fingerprint density at radius 1 is 0.464 bits per heavy atom. The second kappa shape index (κ2) is 7.18. The maximum atomic E-state index is 13.3. The Hall–Kier alpha value is -2.44. The van der Waals surface area contributed by atoms with Crippen LogP contribution in [0.2, 0.25) is 0 Å². The molecule has 0 fully saturated rings. The summed E-state index contributed by atoms with van der Waals surface area (Å²) in [5, 5.41) is 0. The van der Waals surface area contributed by atoms with Crippen molar-refractivity contribution in [2.24, 2.45) is 0 Å². The molecule has 0 saturated heterocycles. The van der Waals surface area contributed by atoms with Crippen LogP contribution in [0.15, 0.2) is 80.2 Å². The van der Waals surface area contributed by atoms with Crippen molar-refractivity contribution in [1.82, 2.24) is 0 Å². The van der Waals surface area contributed by atoms with Crippen LogP contribution in [0.5, 0.6) is 0 Å². The Labute approximate surface area is 166 Å². The van der Waals surface area contributed by atoms with Crippen LogP contribution in [0.3, 0.4) is 0 Å². The number of benzene rings is 3. The Morgan fingerprint density at radius 2 is 0.714 bits per heavy atom. The molecular formula is C22H22O4S2. The van der Waals surface area contributed by atoms with Crippen LogP contribution in [0.25, 0.3) is 0 Å². The van der Waals surface area contributed by atoms with Crippen molar-refractivity contribution in [3.8, 4) is 0 Å². The summed E-state index contributed by atoms with van der Waals surface area (Å²) in [6.45, 7) is 6.67. The molecule has 3 aromatic rings. The normalized spacial score (nSPS) is 12.1. The van der Waals surface area contributed by atoms with Gasteiger partial charge in [-0.15, -0.1) is 0 Å². The van der Waals surface area contributed by atoms with Gasteiger partial charge in [0.25, 0.3) is 0 Å². The van der Waals surface area contributed by atoms with Gasteiger partial charge in [-0.05, 0) is 74.2 Å². The highest BCUT2D eigenvalue weighted by molar-refractivity contribution is 7.92. The smallest absolute Gasteiger partial charge is 0.207 e. The van der Waals surface area contributed by atoms with Crippen LogP contribution < -0.4 is 0 Å². The molecule has 146 valence electrons. The Balaban J connectivity index is 2.34. The van der Waals surface area contributed by atoms with Crippen LogP contribution in [-0.4, -0.2) is 16.8 Å². The van der Waals surface area contributed by atoms with Gasteiger partial charge in [-0.25, -0.2) is 16.8 Å². The summed E-state index contributed by atoms with van der Waals surface area (Å²) in [6, 6.07) is 16.4. The van der Waals surface area contributed by atoms with Crippen molar-refractivity contribution in [3.05, 3.63) is 82.9 Å². The predicted molar refractivity (Wildman–Crippen MR) is 109 cm³/mol. The van der Waals surface area contributed by atoms with E-state index in [0.29, 0.717) is 22.3 Å². The van der Waals surface area contributed by atoms with Crippen molar-refractivity contribution in [2.75, 3.05) is 0 Å². The molecule has 0 bridgehead atoms. The van der Waals surface area contributed by atoms with Crippen molar-refractivity contribution in [1.29, 1.82) is 0 Å². The van der Waals surface area contributed by atoms with E-state index in [9.17, 15) is 16.8 Å². The van der Waals surface area contributed by atoms with Gasteiger partial charge in [-0.1, -0.05) is 36.4 Å². The maximum absolute atomic E-state index is 13.3. The van der Waals surface area contributed by atoms with E-state index in [1.807, 2.05) is 0 Å². The zero-order chi connectivity index (χ0) is 20.7. The van der Waals surface area contributed by atoms with E-state index in [0.717, 1.165) is 0 Å². The minimum absolute atomic E-state index is 0.181. The third kappa shape index (κ3) is 3.16. The second-order valence-corrected chi connectivity index (χ2v) is 10.6. The highest BCUT2D eigenvalue weighted by Crippen LogP contribution is 2.37. The molecule has 28 heavy (non-hydrogen) atoms. The molecule has 0 spiro atoms. The molecular weight excluding hydrogens is 392 g/mol. The Morgan fingerprint density at radius 3 is 0.964 bits per heavy atom. The zero-order valence-corrected chi connectivity index (χ0v) is 17.9. The average Bonchev–Trinajstić information content (AvgIpc) is 2.68. The second-order valence-electron chi connectivity index (χ2n) is 6.79. The summed E-state index contributed by atoms with van der Waals surface area (Å²) in [6.07, 6.45) is 0. The highest BCUT2D eigenvalue weighted by Gasteiger charge is 2.31. The van der Waals surface area contributed by atoms with E-state index in [1.54, 1.807) is 88.4 Å². The largest absolute Gasteiger partial charge is 0.218 e. The maximum Gasteiger partial charge on any atom is 0.207 e. The monoisotopic (exact) mass is 414 g/mol. The average molecular weight is 415 g/mol. The molecule has 0 aliphatic heterocycles. The first-order valence-electron chi connectivity index (χ1n) is 8.80. The van der Waals surface area contributed by atoms with Crippen molar-refractivity contribution < 1.29 is 16.8 Å². The van der Waals surface area contributed by atoms with E-state index in [-0.39, 0.29) is 19.6 Å². The van der Waals surface area contributed by atoms with Gasteiger partial charge in [-0.2, -0.15) is 0 Å². The third-order valence-electron chi connectivity index (χ3n) is 5.13. The first-order valence-corrected chi connectivity index (χ1v) is 11.8. The molecule has 0 aliphatic carbocycles. The van der Waals surface area contributed by atoms with E-state index in [2.05, 4.69) is 0 Å². The topological polar surface area (TPSA) is 68.3 Å². The lowest BCUT2D eigenvalue weighted by Crippen LogP contribution is -2.14. The van der Waals surface area contributed by atoms with Crippen molar-refractivity contribution in [2.45, 2.75) is 47.3 Å². The fourth-order valence-electron chi connectivity index (χ4n) is 3.48. The minimum atomic E-state index is -3.77. The van der Waals surface area contributed by atoms with Crippen LogP contribution in [0.1, 0.15) is 22.3 Å². The molecule has 6 heteroatoms. The van der Waals surface area contributed by atoms with E-state index >= 15 is 0 Å². The van der Waals surface area contributed by atoms with Gasteiger partial charge in [0.1, 0.15) is 0 Å². The van der Waals surface area contributed by atoms with Crippen LogP contribution in [0.4, 0.5) is 0 Å². The summed E-state index contributed by atoms with van der Waals surface area (Å²) in [5.41, 5.74) is 1.84. The van der Waals surface area contributed by atoms with Crippen LogP contribution in [-0.2, 0) is 19.7 Å². The first-order chi connectivity index (χ1) is 13.1. The fraction of sp³-hybridized carbons (Fsp3) is 0.182. The van der Waals surface area contributed by atoms with E-state index < -0.39 is 19.7 Å². The number of hydrogen-bond acceptors (Lipinski definition) is 4. The van der Waals surface area contributed by atoms with Crippen molar-refractivity contribution >= 4 is 19.7 Å². The van der Waals surface area contributed by atoms with Gasteiger partial charge in [-0.3, -0.25) is 0 Å². The summed E-state index contributed by atoms with van der Waals surface area (Å²) in [7, 11) is -7.53. The summed E-state index contributed by atoms with van der Waals surface area (Å²) in [5.74, 6) is 0.